The van der Waals surface area contributed by atoms with Gasteiger partial charge in [0.05, 0.1) is 12.2 Å². The third-order valence-electron chi connectivity index (χ3n) is 3.44. The van der Waals surface area contributed by atoms with Crippen molar-refractivity contribution in [3.63, 3.8) is 0 Å². The first-order valence-corrected chi connectivity index (χ1v) is 6.52. The summed E-state index contributed by atoms with van der Waals surface area (Å²) in [6, 6.07) is 0. The normalized spacial score (nSPS) is 29.0. The van der Waals surface area contributed by atoms with Crippen molar-refractivity contribution in [2.24, 2.45) is 5.92 Å². The monoisotopic (exact) mass is 214 g/mol. The minimum absolute atomic E-state index is 0.359. The molecule has 0 aromatic rings. The van der Waals surface area contributed by atoms with Crippen LogP contribution in [0.15, 0.2) is 0 Å². The fourth-order valence-electron chi connectivity index (χ4n) is 2.34. The van der Waals surface area contributed by atoms with E-state index in [9.17, 15) is 0 Å². The summed E-state index contributed by atoms with van der Waals surface area (Å²) in [5.74, 6) is 0.538. The second-order valence-corrected chi connectivity index (χ2v) is 4.91. The van der Waals surface area contributed by atoms with E-state index < -0.39 is 0 Å². The molecular formula is C13H26O2. The van der Waals surface area contributed by atoms with Gasteiger partial charge in [0.25, 0.3) is 0 Å². The Kier molecular flexibility index (Phi) is 6.26. The van der Waals surface area contributed by atoms with Crippen molar-refractivity contribution in [1.29, 1.82) is 0 Å². The first-order valence-electron chi connectivity index (χ1n) is 6.52. The Morgan fingerprint density at radius 2 is 1.93 bits per heavy atom. The third-order valence-corrected chi connectivity index (χ3v) is 3.44. The van der Waals surface area contributed by atoms with Crippen LogP contribution >= 0.6 is 0 Å². The maximum atomic E-state index is 9.03. The Bertz CT molecular complexity index is 151. The van der Waals surface area contributed by atoms with Crippen molar-refractivity contribution in [3.8, 4) is 0 Å². The van der Waals surface area contributed by atoms with Crippen LogP contribution in [0.2, 0.25) is 0 Å². The molecule has 0 aromatic heterocycles. The number of aliphatic hydroxyl groups is 1. The van der Waals surface area contributed by atoms with Crippen molar-refractivity contribution in [2.75, 3.05) is 6.61 Å². The van der Waals surface area contributed by atoms with E-state index in [4.69, 9.17) is 9.84 Å². The van der Waals surface area contributed by atoms with Crippen LogP contribution in [0.4, 0.5) is 0 Å². The van der Waals surface area contributed by atoms with Gasteiger partial charge in [-0.05, 0) is 44.9 Å². The SMILES string of the molecule is CCCCC(C)OC1CCC(CO)CC1. The summed E-state index contributed by atoms with van der Waals surface area (Å²) in [5.41, 5.74) is 0. The van der Waals surface area contributed by atoms with Crippen molar-refractivity contribution >= 4 is 0 Å². The van der Waals surface area contributed by atoms with Gasteiger partial charge in [-0.1, -0.05) is 19.8 Å². The number of unbranched alkanes of at least 4 members (excludes halogenated alkanes) is 1. The standard InChI is InChI=1S/C13H26O2/c1-3-4-5-11(2)15-13-8-6-12(10-14)7-9-13/h11-14H,3-10H2,1-2H3. The van der Waals surface area contributed by atoms with Crippen molar-refractivity contribution < 1.29 is 9.84 Å². The van der Waals surface area contributed by atoms with Crippen molar-refractivity contribution in [2.45, 2.75) is 71.0 Å². The largest absolute Gasteiger partial charge is 0.396 e. The Labute approximate surface area is 94.0 Å². The minimum atomic E-state index is 0.359. The van der Waals surface area contributed by atoms with Crippen LogP contribution in [-0.2, 0) is 4.74 Å². The van der Waals surface area contributed by atoms with E-state index in [-0.39, 0.29) is 0 Å². The zero-order valence-corrected chi connectivity index (χ0v) is 10.2. The summed E-state index contributed by atoms with van der Waals surface area (Å²) >= 11 is 0. The van der Waals surface area contributed by atoms with Gasteiger partial charge in [-0.3, -0.25) is 0 Å². The molecule has 90 valence electrons. The van der Waals surface area contributed by atoms with Gasteiger partial charge in [-0.2, -0.15) is 0 Å². The average Bonchev–Trinajstić information content (AvgIpc) is 2.27. The van der Waals surface area contributed by atoms with Crippen LogP contribution in [0.25, 0.3) is 0 Å². The highest BCUT2D eigenvalue weighted by atomic mass is 16.5. The van der Waals surface area contributed by atoms with Gasteiger partial charge in [0.15, 0.2) is 0 Å². The molecule has 0 saturated heterocycles. The van der Waals surface area contributed by atoms with Crippen LogP contribution in [0.5, 0.6) is 0 Å². The number of rotatable bonds is 6. The lowest BCUT2D eigenvalue weighted by Crippen LogP contribution is -2.26. The highest BCUT2D eigenvalue weighted by Gasteiger charge is 2.22. The molecule has 1 N–H and O–H groups in total. The van der Waals surface area contributed by atoms with Gasteiger partial charge in [0.1, 0.15) is 0 Å². The quantitative estimate of drug-likeness (QED) is 0.736. The van der Waals surface area contributed by atoms with E-state index in [0.717, 1.165) is 25.7 Å². The topological polar surface area (TPSA) is 29.5 Å². The summed E-state index contributed by atoms with van der Waals surface area (Å²) in [7, 11) is 0. The molecule has 1 fully saturated rings. The molecule has 1 aliphatic carbocycles. The lowest BCUT2D eigenvalue weighted by atomic mass is 9.88. The molecule has 1 atom stereocenters. The second-order valence-electron chi connectivity index (χ2n) is 4.91. The summed E-state index contributed by atoms with van der Waals surface area (Å²) in [4.78, 5) is 0. The molecule has 0 heterocycles. The number of hydrogen-bond acceptors (Lipinski definition) is 2. The molecule has 0 bridgehead atoms. The highest BCUT2D eigenvalue weighted by Crippen LogP contribution is 2.27. The summed E-state index contributed by atoms with van der Waals surface area (Å²) < 4.78 is 6.00. The predicted molar refractivity (Wildman–Crippen MR) is 62.9 cm³/mol. The van der Waals surface area contributed by atoms with Gasteiger partial charge in [-0.25, -0.2) is 0 Å². The minimum Gasteiger partial charge on any atom is -0.396 e. The van der Waals surface area contributed by atoms with Crippen LogP contribution < -0.4 is 0 Å². The van der Waals surface area contributed by atoms with E-state index in [0.29, 0.717) is 24.7 Å². The van der Waals surface area contributed by atoms with E-state index in [1.807, 2.05) is 0 Å². The van der Waals surface area contributed by atoms with E-state index in [1.165, 1.54) is 19.3 Å². The number of ether oxygens (including phenoxy) is 1. The summed E-state index contributed by atoms with van der Waals surface area (Å²) in [6.45, 7) is 4.77. The molecule has 1 saturated carbocycles. The smallest absolute Gasteiger partial charge is 0.0579 e. The van der Waals surface area contributed by atoms with Gasteiger partial charge < -0.3 is 9.84 Å². The Morgan fingerprint density at radius 1 is 1.27 bits per heavy atom. The summed E-state index contributed by atoms with van der Waals surface area (Å²) in [6.07, 6.45) is 9.15. The number of aliphatic hydroxyl groups excluding tert-OH is 1. The fourth-order valence-corrected chi connectivity index (χ4v) is 2.34. The first-order chi connectivity index (χ1) is 7.26. The van der Waals surface area contributed by atoms with Gasteiger partial charge in [0, 0.05) is 6.61 Å². The van der Waals surface area contributed by atoms with E-state index in [2.05, 4.69) is 13.8 Å². The molecule has 1 aliphatic rings. The molecule has 15 heavy (non-hydrogen) atoms. The molecule has 0 amide bonds. The molecule has 0 radical (unpaired) electrons. The van der Waals surface area contributed by atoms with Crippen LogP contribution in [0.1, 0.15) is 58.8 Å². The number of hydrogen-bond donors (Lipinski definition) is 1. The third kappa shape index (κ3) is 4.98. The maximum Gasteiger partial charge on any atom is 0.0579 e. The highest BCUT2D eigenvalue weighted by molar-refractivity contribution is 4.73. The molecule has 0 aliphatic heterocycles. The van der Waals surface area contributed by atoms with Crippen molar-refractivity contribution in [1.82, 2.24) is 0 Å². The van der Waals surface area contributed by atoms with Gasteiger partial charge >= 0.3 is 0 Å². The molecule has 2 heteroatoms. The zero-order valence-electron chi connectivity index (χ0n) is 10.2. The molecule has 0 spiro atoms. The van der Waals surface area contributed by atoms with Crippen LogP contribution in [0.3, 0.4) is 0 Å². The van der Waals surface area contributed by atoms with Gasteiger partial charge in [0.2, 0.25) is 0 Å². The molecule has 2 nitrogen and oxygen atoms in total. The van der Waals surface area contributed by atoms with E-state index >= 15 is 0 Å². The lowest BCUT2D eigenvalue weighted by Gasteiger charge is -2.29. The van der Waals surface area contributed by atoms with Crippen molar-refractivity contribution in [3.05, 3.63) is 0 Å². The average molecular weight is 214 g/mol. The Balaban J connectivity index is 2.12. The Hall–Kier alpha value is -0.0800. The lowest BCUT2D eigenvalue weighted by molar-refractivity contribution is -0.0354. The second kappa shape index (κ2) is 7.24. The zero-order chi connectivity index (χ0) is 11.1. The van der Waals surface area contributed by atoms with Gasteiger partial charge in [-0.15, -0.1) is 0 Å². The Morgan fingerprint density at radius 3 is 2.47 bits per heavy atom. The molecule has 1 rings (SSSR count). The molecule has 1 unspecified atom stereocenters. The predicted octanol–water partition coefficient (Wildman–Crippen LogP) is 3.13. The summed E-state index contributed by atoms with van der Waals surface area (Å²) in [5, 5.41) is 9.03. The molecule has 0 aromatic carbocycles. The van der Waals surface area contributed by atoms with E-state index in [1.54, 1.807) is 0 Å². The first kappa shape index (κ1) is 13.0. The fraction of sp³-hybridized carbons (Fsp3) is 1.00. The van der Waals surface area contributed by atoms with Crippen LogP contribution in [0, 0.1) is 5.92 Å². The molecular weight excluding hydrogens is 188 g/mol. The van der Waals surface area contributed by atoms with Crippen LogP contribution in [-0.4, -0.2) is 23.9 Å². The maximum absolute atomic E-state index is 9.03.